The Hall–Kier alpha value is -2.85. The molecule has 0 radical (unpaired) electrons. The molecule has 0 aliphatic carbocycles. The molecule has 0 spiro atoms. The van der Waals surface area contributed by atoms with Crippen LogP contribution in [0.1, 0.15) is 12.0 Å². The minimum atomic E-state index is -4.65. The highest BCUT2D eigenvalue weighted by molar-refractivity contribution is 6.30. The van der Waals surface area contributed by atoms with Crippen molar-refractivity contribution in [3.8, 4) is 0 Å². The highest BCUT2D eigenvalue weighted by Gasteiger charge is 2.34. The van der Waals surface area contributed by atoms with Crippen molar-refractivity contribution in [1.82, 2.24) is 4.90 Å². The van der Waals surface area contributed by atoms with Gasteiger partial charge in [0.15, 0.2) is 0 Å². The van der Waals surface area contributed by atoms with Crippen LogP contribution in [0.2, 0.25) is 5.02 Å². The fourth-order valence-corrected chi connectivity index (χ4v) is 3.57. The monoisotopic (exact) mass is 456 g/mol. The van der Waals surface area contributed by atoms with E-state index in [4.69, 9.17) is 11.6 Å². The summed E-state index contributed by atoms with van der Waals surface area (Å²) >= 11 is 5.89. The molecule has 1 N–H and O–H groups in total. The molecule has 1 fully saturated rings. The number of nitrogens with one attached hydrogen (secondary N) is 1. The summed E-state index contributed by atoms with van der Waals surface area (Å²) in [6.45, 7) is 2.37. The van der Waals surface area contributed by atoms with Crippen molar-refractivity contribution in [2.24, 2.45) is 0 Å². The lowest BCUT2D eigenvalue weighted by Gasteiger charge is -2.35. The van der Waals surface area contributed by atoms with Crippen LogP contribution >= 0.6 is 11.6 Å². The number of hydrogen-bond donors (Lipinski definition) is 1. The molecule has 31 heavy (non-hydrogen) atoms. The first-order valence-corrected chi connectivity index (χ1v) is 9.89. The molecule has 1 aliphatic heterocycles. The van der Waals surface area contributed by atoms with Crippen LogP contribution in [0.3, 0.4) is 0 Å². The number of rotatable bonds is 6. The fraction of sp³-hybridized carbons (Fsp3) is 0.350. The van der Waals surface area contributed by atoms with E-state index in [9.17, 15) is 28.1 Å². The normalized spacial score (nSPS) is 15.0. The van der Waals surface area contributed by atoms with E-state index in [0.29, 0.717) is 49.5 Å². The Balaban J connectivity index is 1.55. The SMILES string of the molecule is O=C(CCN1CCN(c2ccc(C(F)(F)F)cc2[N+](=O)[O-])CC1)Nc1cccc(Cl)c1. The number of piperazine rings is 1. The van der Waals surface area contributed by atoms with Crippen LogP contribution in [-0.2, 0) is 11.0 Å². The van der Waals surface area contributed by atoms with Crippen molar-refractivity contribution in [1.29, 1.82) is 0 Å². The lowest BCUT2D eigenvalue weighted by atomic mass is 10.1. The van der Waals surface area contributed by atoms with Gasteiger partial charge < -0.3 is 10.2 Å². The number of amides is 1. The number of nitrogens with zero attached hydrogens (tertiary/aromatic N) is 3. The van der Waals surface area contributed by atoms with Crippen molar-refractivity contribution in [2.75, 3.05) is 42.9 Å². The van der Waals surface area contributed by atoms with E-state index in [1.54, 1.807) is 29.2 Å². The second-order valence-electron chi connectivity index (χ2n) is 7.10. The molecule has 1 heterocycles. The number of anilines is 2. The average Bonchev–Trinajstić information content (AvgIpc) is 2.71. The molecule has 11 heteroatoms. The summed E-state index contributed by atoms with van der Waals surface area (Å²) in [5, 5.41) is 14.6. The Labute approximate surface area is 181 Å². The highest BCUT2D eigenvalue weighted by atomic mass is 35.5. The molecule has 1 aliphatic rings. The Kier molecular flexibility index (Phi) is 7.01. The summed E-state index contributed by atoms with van der Waals surface area (Å²) in [6, 6.07) is 9.40. The van der Waals surface area contributed by atoms with Gasteiger partial charge in [0.1, 0.15) is 5.69 Å². The number of carbonyl (C=O) groups excluding carboxylic acids is 1. The first-order valence-electron chi connectivity index (χ1n) is 9.52. The summed E-state index contributed by atoms with van der Waals surface area (Å²) < 4.78 is 38.6. The van der Waals surface area contributed by atoms with Crippen LogP contribution in [0, 0.1) is 10.1 Å². The standard InChI is InChI=1S/C20H20ClF3N4O3/c21-15-2-1-3-16(13-15)25-19(29)6-7-26-8-10-27(11-9-26)17-5-4-14(20(22,23)24)12-18(17)28(30)31/h1-5,12-13H,6-11H2,(H,25,29). The van der Waals surface area contributed by atoms with Gasteiger partial charge >= 0.3 is 6.18 Å². The predicted molar refractivity (Wildman–Crippen MR) is 111 cm³/mol. The van der Waals surface area contributed by atoms with Crippen LogP contribution in [-0.4, -0.2) is 48.5 Å². The smallest absolute Gasteiger partial charge is 0.363 e. The molecule has 0 atom stereocenters. The quantitative estimate of drug-likeness (QED) is 0.514. The van der Waals surface area contributed by atoms with Crippen molar-refractivity contribution in [3.63, 3.8) is 0 Å². The van der Waals surface area contributed by atoms with Crippen molar-refractivity contribution in [2.45, 2.75) is 12.6 Å². The maximum Gasteiger partial charge on any atom is 0.416 e. The number of halogens is 4. The van der Waals surface area contributed by atoms with Gasteiger partial charge in [-0.1, -0.05) is 17.7 Å². The Bertz CT molecular complexity index is 963. The second-order valence-corrected chi connectivity index (χ2v) is 7.53. The van der Waals surface area contributed by atoms with E-state index < -0.39 is 22.4 Å². The van der Waals surface area contributed by atoms with Gasteiger partial charge in [-0.15, -0.1) is 0 Å². The van der Waals surface area contributed by atoms with Crippen LogP contribution in [0.4, 0.5) is 30.2 Å². The molecular formula is C20H20ClF3N4O3. The molecule has 1 amide bonds. The minimum Gasteiger partial charge on any atom is -0.363 e. The maximum absolute atomic E-state index is 12.9. The molecule has 1 saturated heterocycles. The summed E-state index contributed by atoms with van der Waals surface area (Å²) in [6.07, 6.45) is -4.39. The third-order valence-electron chi connectivity index (χ3n) is 4.98. The van der Waals surface area contributed by atoms with Gasteiger partial charge in [-0.25, -0.2) is 0 Å². The van der Waals surface area contributed by atoms with E-state index >= 15 is 0 Å². The maximum atomic E-state index is 12.9. The third kappa shape index (κ3) is 6.08. The van der Waals surface area contributed by atoms with E-state index in [1.807, 2.05) is 4.90 Å². The predicted octanol–water partition coefficient (Wildman–Crippen LogP) is 4.42. The first-order chi connectivity index (χ1) is 14.6. The van der Waals surface area contributed by atoms with Gasteiger partial charge in [0, 0.05) is 55.9 Å². The van der Waals surface area contributed by atoms with Gasteiger partial charge in [-0.3, -0.25) is 19.8 Å². The molecule has 0 bridgehead atoms. The molecule has 7 nitrogen and oxygen atoms in total. The molecule has 0 unspecified atom stereocenters. The number of carbonyl (C=O) groups is 1. The molecule has 2 aromatic rings. The summed E-state index contributed by atoms with van der Waals surface area (Å²) in [4.78, 5) is 26.4. The highest BCUT2D eigenvalue weighted by Crippen LogP contribution is 2.36. The lowest BCUT2D eigenvalue weighted by Crippen LogP contribution is -2.47. The summed E-state index contributed by atoms with van der Waals surface area (Å²) in [5.41, 5.74) is -0.843. The second kappa shape index (κ2) is 9.52. The van der Waals surface area contributed by atoms with Crippen molar-refractivity contribution < 1.29 is 22.9 Å². The van der Waals surface area contributed by atoms with Gasteiger partial charge in [-0.05, 0) is 30.3 Å². The van der Waals surface area contributed by atoms with Crippen LogP contribution in [0.5, 0.6) is 0 Å². The number of nitro benzene ring substituents is 1. The largest absolute Gasteiger partial charge is 0.416 e. The van der Waals surface area contributed by atoms with Gasteiger partial charge in [0.05, 0.1) is 10.5 Å². The van der Waals surface area contributed by atoms with Crippen molar-refractivity contribution in [3.05, 3.63) is 63.2 Å². The molecule has 3 rings (SSSR count). The number of benzene rings is 2. The third-order valence-corrected chi connectivity index (χ3v) is 5.21. The zero-order chi connectivity index (χ0) is 22.6. The average molecular weight is 457 g/mol. The summed E-state index contributed by atoms with van der Waals surface area (Å²) in [7, 11) is 0. The van der Waals surface area contributed by atoms with E-state index in [2.05, 4.69) is 5.32 Å². The molecule has 0 saturated carbocycles. The summed E-state index contributed by atoms with van der Waals surface area (Å²) in [5.74, 6) is -0.164. The van der Waals surface area contributed by atoms with Gasteiger partial charge in [0.2, 0.25) is 5.91 Å². The number of hydrogen-bond acceptors (Lipinski definition) is 5. The molecule has 166 valence electrons. The topological polar surface area (TPSA) is 78.7 Å². The lowest BCUT2D eigenvalue weighted by molar-refractivity contribution is -0.384. The molecular weight excluding hydrogens is 437 g/mol. The van der Waals surface area contributed by atoms with E-state index in [0.717, 1.165) is 12.1 Å². The Morgan fingerprint density at radius 2 is 1.84 bits per heavy atom. The van der Waals surface area contributed by atoms with Gasteiger partial charge in [0.25, 0.3) is 5.69 Å². The van der Waals surface area contributed by atoms with Crippen LogP contribution in [0.15, 0.2) is 42.5 Å². The minimum absolute atomic E-state index is 0.163. The van der Waals surface area contributed by atoms with Crippen LogP contribution < -0.4 is 10.2 Å². The van der Waals surface area contributed by atoms with Gasteiger partial charge in [-0.2, -0.15) is 13.2 Å². The fourth-order valence-electron chi connectivity index (χ4n) is 3.38. The van der Waals surface area contributed by atoms with Crippen LogP contribution in [0.25, 0.3) is 0 Å². The first kappa shape index (κ1) is 22.8. The van der Waals surface area contributed by atoms with E-state index in [-0.39, 0.29) is 18.0 Å². The zero-order valence-corrected chi connectivity index (χ0v) is 17.1. The van der Waals surface area contributed by atoms with Crippen molar-refractivity contribution >= 4 is 34.6 Å². The number of nitro groups is 1. The molecule has 2 aromatic carbocycles. The Morgan fingerprint density at radius 1 is 1.13 bits per heavy atom. The van der Waals surface area contributed by atoms with E-state index in [1.165, 1.54) is 0 Å². The molecule has 0 aromatic heterocycles. The number of alkyl halides is 3. The zero-order valence-electron chi connectivity index (χ0n) is 16.4. The Morgan fingerprint density at radius 3 is 2.45 bits per heavy atom.